The first-order valence-corrected chi connectivity index (χ1v) is 5.58. The average molecular weight is 242 g/mol. The fourth-order valence-electron chi connectivity index (χ4n) is 1.84. The van der Waals surface area contributed by atoms with Crippen LogP contribution in [0.4, 0.5) is 0 Å². The highest BCUT2D eigenvalue weighted by atomic mass is 16.5. The maximum atomic E-state index is 11.1. The standard InChI is InChI=1S/C15H14O3/c1-17-14-9-7-11(8-10-15(16)18-2)12-5-3-4-6-13(12)14/h3-10H,1-2H3/b10-8+. The van der Waals surface area contributed by atoms with Gasteiger partial charge in [0.1, 0.15) is 5.75 Å². The molecule has 0 spiro atoms. The Hall–Kier alpha value is -2.29. The molecule has 0 saturated carbocycles. The highest BCUT2D eigenvalue weighted by molar-refractivity contribution is 5.97. The minimum absolute atomic E-state index is 0.366. The Labute approximate surface area is 106 Å². The van der Waals surface area contributed by atoms with Crippen molar-refractivity contribution in [1.82, 2.24) is 0 Å². The normalized spacial score (nSPS) is 10.8. The molecule has 2 rings (SSSR count). The van der Waals surface area contributed by atoms with E-state index >= 15 is 0 Å². The molecule has 3 heteroatoms. The molecule has 0 amide bonds. The van der Waals surface area contributed by atoms with Gasteiger partial charge in [-0.25, -0.2) is 4.79 Å². The van der Waals surface area contributed by atoms with Crippen molar-refractivity contribution >= 4 is 22.8 Å². The van der Waals surface area contributed by atoms with Gasteiger partial charge in [-0.3, -0.25) is 0 Å². The van der Waals surface area contributed by atoms with Gasteiger partial charge in [-0.2, -0.15) is 0 Å². The topological polar surface area (TPSA) is 35.5 Å². The van der Waals surface area contributed by atoms with E-state index in [1.54, 1.807) is 13.2 Å². The molecule has 92 valence electrons. The van der Waals surface area contributed by atoms with E-state index in [2.05, 4.69) is 4.74 Å². The SMILES string of the molecule is COC(=O)/C=C/c1ccc(OC)c2ccccc12. The summed E-state index contributed by atoms with van der Waals surface area (Å²) in [6.07, 6.45) is 3.15. The first kappa shape index (κ1) is 12.2. The number of benzene rings is 2. The van der Waals surface area contributed by atoms with Crippen LogP contribution in [-0.2, 0) is 9.53 Å². The minimum Gasteiger partial charge on any atom is -0.496 e. The molecule has 2 aromatic carbocycles. The number of carbonyl (C=O) groups excluding carboxylic acids is 1. The van der Waals surface area contributed by atoms with Crippen LogP contribution in [0.2, 0.25) is 0 Å². The van der Waals surface area contributed by atoms with Gasteiger partial charge in [0.05, 0.1) is 14.2 Å². The van der Waals surface area contributed by atoms with E-state index in [-0.39, 0.29) is 5.97 Å². The predicted molar refractivity (Wildman–Crippen MR) is 71.6 cm³/mol. The van der Waals surface area contributed by atoms with Crippen molar-refractivity contribution in [1.29, 1.82) is 0 Å². The summed E-state index contributed by atoms with van der Waals surface area (Å²) >= 11 is 0. The first-order chi connectivity index (χ1) is 8.76. The second kappa shape index (κ2) is 5.36. The maximum absolute atomic E-state index is 11.1. The third-order valence-corrected chi connectivity index (χ3v) is 2.74. The number of hydrogen-bond acceptors (Lipinski definition) is 3. The largest absolute Gasteiger partial charge is 0.496 e. The van der Waals surface area contributed by atoms with Crippen molar-refractivity contribution in [2.75, 3.05) is 14.2 Å². The van der Waals surface area contributed by atoms with Crippen LogP contribution in [0.15, 0.2) is 42.5 Å². The van der Waals surface area contributed by atoms with Crippen molar-refractivity contribution in [2.24, 2.45) is 0 Å². The number of methoxy groups -OCH3 is 2. The molecule has 0 aliphatic carbocycles. The Morgan fingerprint density at radius 3 is 2.44 bits per heavy atom. The van der Waals surface area contributed by atoms with E-state index in [4.69, 9.17) is 4.74 Å². The Kier molecular flexibility index (Phi) is 3.63. The molecule has 18 heavy (non-hydrogen) atoms. The number of esters is 1. The molecular weight excluding hydrogens is 228 g/mol. The van der Waals surface area contributed by atoms with Crippen molar-refractivity contribution in [3.63, 3.8) is 0 Å². The third-order valence-electron chi connectivity index (χ3n) is 2.74. The fraction of sp³-hybridized carbons (Fsp3) is 0.133. The molecule has 0 heterocycles. The van der Waals surface area contributed by atoms with Crippen LogP contribution >= 0.6 is 0 Å². The zero-order valence-corrected chi connectivity index (χ0v) is 10.3. The summed E-state index contributed by atoms with van der Waals surface area (Å²) in [5.74, 6) is 0.454. The van der Waals surface area contributed by atoms with Crippen molar-refractivity contribution in [3.8, 4) is 5.75 Å². The van der Waals surface area contributed by atoms with Crippen LogP contribution in [0.5, 0.6) is 5.75 Å². The molecule has 0 bridgehead atoms. The van der Waals surface area contributed by atoms with Crippen LogP contribution in [-0.4, -0.2) is 20.2 Å². The molecule has 0 aromatic heterocycles. The van der Waals surface area contributed by atoms with Gasteiger partial charge < -0.3 is 9.47 Å². The molecule has 2 aromatic rings. The molecule has 0 atom stereocenters. The van der Waals surface area contributed by atoms with Gasteiger partial charge in [-0.15, -0.1) is 0 Å². The number of fused-ring (bicyclic) bond motifs is 1. The summed E-state index contributed by atoms with van der Waals surface area (Å²) < 4.78 is 9.89. The number of ether oxygens (including phenoxy) is 2. The molecule has 0 aliphatic rings. The monoisotopic (exact) mass is 242 g/mol. The van der Waals surface area contributed by atoms with Gasteiger partial charge in [0, 0.05) is 11.5 Å². The van der Waals surface area contributed by atoms with Gasteiger partial charge in [-0.05, 0) is 23.1 Å². The molecule has 0 radical (unpaired) electrons. The minimum atomic E-state index is -0.366. The number of carbonyl (C=O) groups is 1. The maximum Gasteiger partial charge on any atom is 0.330 e. The quantitative estimate of drug-likeness (QED) is 0.613. The summed E-state index contributed by atoms with van der Waals surface area (Å²) in [7, 11) is 3.00. The third kappa shape index (κ3) is 2.35. The van der Waals surface area contributed by atoms with Crippen LogP contribution in [0.1, 0.15) is 5.56 Å². The summed E-state index contributed by atoms with van der Waals surface area (Å²) in [6.45, 7) is 0. The Balaban J connectivity index is 2.53. The molecule has 3 nitrogen and oxygen atoms in total. The number of hydrogen-bond donors (Lipinski definition) is 0. The van der Waals surface area contributed by atoms with Crippen molar-refractivity contribution < 1.29 is 14.3 Å². The highest BCUT2D eigenvalue weighted by Crippen LogP contribution is 2.28. The van der Waals surface area contributed by atoms with Crippen LogP contribution in [0.25, 0.3) is 16.8 Å². The molecule has 0 saturated heterocycles. The summed E-state index contributed by atoms with van der Waals surface area (Å²) in [4.78, 5) is 11.1. The lowest BCUT2D eigenvalue weighted by Crippen LogP contribution is -1.93. The van der Waals surface area contributed by atoms with E-state index in [1.165, 1.54) is 13.2 Å². The van der Waals surface area contributed by atoms with Gasteiger partial charge in [-0.1, -0.05) is 30.3 Å². The van der Waals surface area contributed by atoms with Gasteiger partial charge in [0.2, 0.25) is 0 Å². The van der Waals surface area contributed by atoms with E-state index in [0.717, 1.165) is 22.1 Å². The lowest BCUT2D eigenvalue weighted by atomic mass is 10.0. The molecule has 0 aliphatic heterocycles. The Morgan fingerprint density at radius 1 is 1.06 bits per heavy atom. The van der Waals surface area contributed by atoms with E-state index in [9.17, 15) is 4.79 Å². The smallest absolute Gasteiger partial charge is 0.330 e. The Bertz CT molecular complexity index is 600. The highest BCUT2D eigenvalue weighted by Gasteiger charge is 2.04. The second-order valence-corrected chi connectivity index (χ2v) is 3.76. The summed E-state index contributed by atoms with van der Waals surface area (Å²) in [5, 5.41) is 2.06. The molecule has 0 N–H and O–H groups in total. The van der Waals surface area contributed by atoms with Crippen LogP contribution in [0, 0.1) is 0 Å². The molecule has 0 unspecified atom stereocenters. The molecule has 0 fully saturated rings. The lowest BCUT2D eigenvalue weighted by Gasteiger charge is -2.07. The first-order valence-electron chi connectivity index (χ1n) is 5.58. The number of rotatable bonds is 3. The van der Waals surface area contributed by atoms with Gasteiger partial charge in [0.15, 0.2) is 0 Å². The van der Waals surface area contributed by atoms with E-state index < -0.39 is 0 Å². The second-order valence-electron chi connectivity index (χ2n) is 3.76. The molecular formula is C15H14O3. The Morgan fingerprint density at radius 2 is 1.78 bits per heavy atom. The predicted octanol–water partition coefficient (Wildman–Crippen LogP) is 3.03. The zero-order chi connectivity index (χ0) is 13.0. The fourth-order valence-corrected chi connectivity index (χ4v) is 1.84. The summed E-state index contributed by atoms with van der Waals surface area (Å²) in [5.41, 5.74) is 0.955. The zero-order valence-electron chi connectivity index (χ0n) is 10.3. The van der Waals surface area contributed by atoms with Crippen LogP contribution < -0.4 is 4.74 Å². The summed E-state index contributed by atoms with van der Waals surface area (Å²) in [6, 6.07) is 11.7. The van der Waals surface area contributed by atoms with Gasteiger partial charge >= 0.3 is 5.97 Å². The van der Waals surface area contributed by atoms with Crippen molar-refractivity contribution in [3.05, 3.63) is 48.0 Å². The average Bonchev–Trinajstić information content (AvgIpc) is 2.44. The lowest BCUT2D eigenvalue weighted by molar-refractivity contribution is -0.134. The van der Waals surface area contributed by atoms with E-state index in [0.29, 0.717) is 0 Å². The van der Waals surface area contributed by atoms with Gasteiger partial charge in [0.25, 0.3) is 0 Å². The van der Waals surface area contributed by atoms with E-state index in [1.807, 2.05) is 36.4 Å². The van der Waals surface area contributed by atoms with Crippen LogP contribution in [0.3, 0.4) is 0 Å². The van der Waals surface area contributed by atoms with Crippen molar-refractivity contribution in [2.45, 2.75) is 0 Å².